The first-order valence-electron chi connectivity index (χ1n) is 4.41. The van der Waals surface area contributed by atoms with Crippen molar-refractivity contribution in [2.45, 2.75) is 31.5 Å². The van der Waals surface area contributed by atoms with E-state index < -0.39 is 18.2 Å². The fourth-order valence-corrected chi connectivity index (χ4v) is 1.62. The maximum absolute atomic E-state index is 12.2. The van der Waals surface area contributed by atoms with Gasteiger partial charge in [-0.1, -0.05) is 0 Å². The molecule has 0 spiro atoms. The molecule has 1 aliphatic rings. The van der Waals surface area contributed by atoms with Gasteiger partial charge in [0.25, 0.3) is 0 Å². The second-order valence-corrected chi connectivity index (χ2v) is 3.54. The van der Waals surface area contributed by atoms with E-state index in [1.807, 2.05) is 0 Å². The predicted octanol–water partition coefficient (Wildman–Crippen LogP) is 1.39. The summed E-state index contributed by atoms with van der Waals surface area (Å²) in [5.74, 6) is -1.13. The molecule has 0 saturated carbocycles. The molecule has 6 heteroatoms. The van der Waals surface area contributed by atoms with E-state index in [2.05, 4.69) is 5.32 Å². The molecule has 1 aliphatic heterocycles. The lowest BCUT2D eigenvalue weighted by Crippen LogP contribution is -2.48. The lowest BCUT2D eigenvalue weighted by Gasteiger charge is -2.30. The van der Waals surface area contributed by atoms with Gasteiger partial charge in [0.15, 0.2) is 0 Å². The average Bonchev–Trinajstić information content (AvgIpc) is 2.02. The Morgan fingerprint density at radius 2 is 2.07 bits per heavy atom. The normalized spacial score (nSPS) is 28.8. The minimum Gasteiger partial charge on any atom is -0.481 e. The molecule has 0 amide bonds. The topological polar surface area (TPSA) is 49.3 Å². The first kappa shape index (κ1) is 11.3. The molecule has 0 bridgehead atoms. The fraction of sp³-hybridized carbons (Fsp3) is 0.875. The van der Waals surface area contributed by atoms with Crippen LogP contribution in [0.4, 0.5) is 13.2 Å². The molecule has 0 aliphatic carbocycles. The molecule has 1 fully saturated rings. The van der Waals surface area contributed by atoms with Crippen LogP contribution in [0, 0.1) is 5.92 Å². The zero-order valence-corrected chi connectivity index (χ0v) is 7.47. The first-order chi connectivity index (χ1) is 6.39. The smallest absolute Gasteiger partial charge is 0.403 e. The Labute approximate surface area is 79.3 Å². The van der Waals surface area contributed by atoms with Gasteiger partial charge in [0.2, 0.25) is 0 Å². The summed E-state index contributed by atoms with van der Waals surface area (Å²) in [6, 6.07) is -1.47. The lowest BCUT2D eigenvalue weighted by atomic mass is 9.92. The van der Waals surface area contributed by atoms with Crippen molar-refractivity contribution < 1.29 is 23.1 Å². The summed E-state index contributed by atoms with van der Waals surface area (Å²) in [6.45, 7) is 0.135. The van der Waals surface area contributed by atoms with E-state index in [1.54, 1.807) is 0 Å². The van der Waals surface area contributed by atoms with Crippen LogP contribution in [0.2, 0.25) is 0 Å². The van der Waals surface area contributed by atoms with Crippen molar-refractivity contribution >= 4 is 5.97 Å². The number of hydrogen-bond donors (Lipinski definition) is 2. The summed E-state index contributed by atoms with van der Waals surface area (Å²) in [7, 11) is 0. The van der Waals surface area contributed by atoms with E-state index in [0.717, 1.165) is 0 Å². The molecular formula is C8H12F3NO2. The Balaban J connectivity index is 2.35. The van der Waals surface area contributed by atoms with Gasteiger partial charge in [0.05, 0.1) is 0 Å². The van der Waals surface area contributed by atoms with Crippen LogP contribution < -0.4 is 5.32 Å². The van der Waals surface area contributed by atoms with Crippen molar-refractivity contribution in [2.75, 3.05) is 6.54 Å². The molecule has 0 radical (unpaired) electrons. The summed E-state index contributed by atoms with van der Waals surface area (Å²) in [5, 5.41) is 10.8. The minimum absolute atomic E-state index is 0.0263. The monoisotopic (exact) mass is 211 g/mol. The third kappa shape index (κ3) is 3.17. The Morgan fingerprint density at radius 3 is 2.43 bits per heavy atom. The highest BCUT2D eigenvalue weighted by atomic mass is 19.4. The van der Waals surface area contributed by atoms with Crippen LogP contribution in [0.1, 0.15) is 19.3 Å². The summed E-state index contributed by atoms with van der Waals surface area (Å²) < 4.78 is 36.5. The maximum atomic E-state index is 12.2. The van der Waals surface area contributed by atoms with Crippen LogP contribution in [-0.4, -0.2) is 29.8 Å². The molecule has 0 aromatic heterocycles. The van der Waals surface area contributed by atoms with E-state index in [-0.39, 0.29) is 25.3 Å². The first-order valence-corrected chi connectivity index (χ1v) is 4.41. The summed E-state index contributed by atoms with van der Waals surface area (Å²) in [5.41, 5.74) is 0. The number of carboxylic acid groups (broad SMARTS) is 1. The number of hydrogen-bond acceptors (Lipinski definition) is 2. The second kappa shape index (κ2) is 4.16. The standard InChI is InChI=1S/C8H12F3NO2/c9-8(10,11)6-2-1-5(4-12-6)3-7(13)14/h5-6,12H,1-4H2,(H,13,14)/t5-,6-/m1/s1. The Hall–Kier alpha value is -0.780. The van der Waals surface area contributed by atoms with Crippen molar-refractivity contribution in [2.24, 2.45) is 5.92 Å². The van der Waals surface area contributed by atoms with E-state index in [9.17, 15) is 18.0 Å². The summed E-state index contributed by atoms with van der Waals surface area (Å²) >= 11 is 0. The van der Waals surface area contributed by atoms with Crippen molar-refractivity contribution in [1.82, 2.24) is 5.32 Å². The summed E-state index contributed by atoms with van der Waals surface area (Å²) in [4.78, 5) is 10.3. The van der Waals surface area contributed by atoms with Gasteiger partial charge in [-0.15, -0.1) is 0 Å². The molecule has 1 heterocycles. The number of alkyl halides is 3. The van der Waals surface area contributed by atoms with Gasteiger partial charge in [-0.05, 0) is 25.3 Å². The zero-order valence-electron chi connectivity index (χ0n) is 7.47. The number of piperidine rings is 1. The Morgan fingerprint density at radius 1 is 1.43 bits per heavy atom. The van der Waals surface area contributed by atoms with Crippen LogP contribution in [0.25, 0.3) is 0 Å². The number of carboxylic acids is 1. The molecule has 3 nitrogen and oxygen atoms in total. The maximum Gasteiger partial charge on any atom is 0.403 e. The molecule has 1 saturated heterocycles. The van der Waals surface area contributed by atoms with Gasteiger partial charge < -0.3 is 10.4 Å². The molecule has 1 rings (SSSR count). The zero-order chi connectivity index (χ0) is 10.8. The van der Waals surface area contributed by atoms with Crippen LogP contribution in [0.3, 0.4) is 0 Å². The van der Waals surface area contributed by atoms with Gasteiger partial charge in [-0.25, -0.2) is 0 Å². The van der Waals surface area contributed by atoms with Crippen LogP contribution in [0.5, 0.6) is 0 Å². The van der Waals surface area contributed by atoms with Gasteiger partial charge in [-0.2, -0.15) is 13.2 Å². The van der Waals surface area contributed by atoms with Crippen molar-refractivity contribution in [3.63, 3.8) is 0 Å². The molecule has 0 unspecified atom stereocenters. The van der Waals surface area contributed by atoms with E-state index in [1.165, 1.54) is 0 Å². The van der Waals surface area contributed by atoms with Crippen molar-refractivity contribution in [1.29, 1.82) is 0 Å². The number of carbonyl (C=O) groups is 1. The largest absolute Gasteiger partial charge is 0.481 e. The second-order valence-electron chi connectivity index (χ2n) is 3.54. The van der Waals surface area contributed by atoms with Gasteiger partial charge in [0.1, 0.15) is 6.04 Å². The highest BCUT2D eigenvalue weighted by molar-refractivity contribution is 5.67. The average molecular weight is 211 g/mol. The SMILES string of the molecule is O=C(O)C[C@H]1CC[C@H](C(F)(F)F)NC1. The molecular weight excluding hydrogens is 199 g/mol. The molecule has 0 aromatic carbocycles. The van der Waals surface area contributed by atoms with Crippen LogP contribution >= 0.6 is 0 Å². The van der Waals surface area contributed by atoms with Crippen molar-refractivity contribution in [3.8, 4) is 0 Å². The number of rotatable bonds is 2. The fourth-order valence-electron chi connectivity index (χ4n) is 1.62. The highest BCUT2D eigenvalue weighted by Crippen LogP contribution is 2.28. The number of aliphatic carboxylic acids is 1. The van der Waals surface area contributed by atoms with Gasteiger partial charge >= 0.3 is 12.1 Å². The summed E-state index contributed by atoms with van der Waals surface area (Å²) in [6.07, 6.45) is -3.98. The van der Waals surface area contributed by atoms with E-state index in [0.29, 0.717) is 6.42 Å². The quantitative estimate of drug-likeness (QED) is 0.725. The van der Waals surface area contributed by atoms with Gasteiger partial charge in [0, 0.05) is 6.42 Å². The number of nitrogens with one attached hydrogen (secondary N) is 1. The minimum atomic E-state index is -4.21. The Kier molecular flexibility index (Phi) is 3.36. The molecule has 14 heavy (non-hydrogen) atoms. The highest BCUT2D eigenvalue weighted by Gasteiger charge is 2.41. The van der Waals surface area contributed by atoms with E-state index in [4.69, 9.17) is 5.11 Å². The molecule has 2 N–H and O–H groups in total. The van der Waals surface area contributed by atoms with Crippen LogP contribution in [-0.2, 0) is 4.79 Å². The third-order valence-electron chi connectivity index (χ3n) is 2.37. The van der Waals surface area contributed by atoms with Crippen molar-refractivity contribution in [3.05, 3.63) is 0 Å². The lowest BCUT2D eigenvalue weighted by molar-refractivity contribution is -0.162. The Bertz CT molecular complexity index is 209. The van der Waals surface area contributed by atoms with E-state index >= 15 is 0 Å². The molecule has 0 aromatic rings. The van der Waals surface area contributed by atoms with Gasteiger partial charge in [-0.3, -0.25) is 4.79 Å². The molecule has 2 atom stereocenters. The molecule has 82 valence electrons. The number of halogens is 3. The third-order valence-corrected chi connectivity index (χ3v) is 2.37. The van der Waals surface area contributed by atoms with Crippen LogP contribution in [0.15, 0.2) is 0 Å². The predicted molar refractivity (Wildman–Crippen MR) is 42.8 cm³/mol.